The third-order valence-corrected chi connectivity index (χ3v) is 1.50. The molecule has 0 amide bonds. The molecule has 0 N–H and O–H groups in total. The van der Waals surface area contributed by atoms with Gasteiger partial charge in [-0.1, -0.05) is 0 Å². The van der Waals surface area contributed by atoms with E-state index >= 15 is 0 Å². The molecular formula is C7H7F3N2O2. The maximum absolute atomic E-state index is 12.2. The van der Waals surface area contributed by atoms with Crippen LogP contribution < -0.4 is 0 Å². The van der Waals surface area contributed by atoms with Gasteiger partial charge in [0.25, 0.3) is 0 Å². The van der Waals surface area contributed by atoms with Gasteiger partial charge in [0.1, 0.15) is 6.54 Å². The molecule has 4 nitrogen and oxygen atoms in total. The Kier molecular flexibility index (Phi) is 2.78. The van der Waals surface area contributed by atoms with Crippen molar-refractivity contribution in [3.8, 4) is 0 Å². The van der Waals surface area contributed by atoms with Gasteiger partial charge in [-0.05, 0) is 0 Å². The van der Waals surface area contributed by atoms with E-state index in [0.29, 0.717) is 4.57 Å². The average Bonchev–Trinajstić information content (AvgIpc) is 2.51. The van der Waals surface area contributed by atoms with Gasteiger partial charge in [-0.15, -0.1) is 0 Å². The van der Waals surface area contributed by atoms with E-state index in [1.165, 1.54) is 0 Å². The number of imidazole rings is 1. The summed E-state index contributed by atoms with van der Waals surface area (Å²) in [7, 11) is 1.10. The fourth-order valence-corrected chi connectivity index (χ4v) is 0.896. The highest BCUT2D eigenvalue weighted by atomic mass is 19.4. The Bertz CT molecular complexity index is 332. The minimum absolute atomic E-state index is 0.495. The first kappa shape index (κ1) is 10.6. The van der Waals surface area contributed by atoms with E-state index in [9.17, 15) is 18.0 Å². The molecule has 0 fully saturated rings. The second-order valence-corrected chi connectivity index (χ2v) is 2.45. The summed E-state index contributed by atoms with van der Waals surface area (Å²) >= 11 is 0. The summed E-state index contributed by atoms with van der Waals surface area (Å²) in [6.45, 7) is -0.495. The highest BCUT2D eigenvalue weighted by molar-refractivity contribution is 5.69. The Morgan fingerprint density at radius 3 is 2.79 bits per heavy atom. The number of carbonyl (C=O) groups excluding carboxylic acids is 1. The summed E-state index contributed by atoms with van der Waals surface area (Å²) in [5.74, 6) is -1.86. The van der Waals surface area contributed by atoms with E-state index in [2.05, 4.69) is 9.72 Å². The number of methoxy groups -OCH3 is 1. The summed E-state index contributed by atoms with van der Waals surface area (Å²) in [4.78, 5) is 13.8. The number of hydrogen-bond acceptors (Lipinski definition) is 3. The summed E-state index contributed by atoms with van der Waals surface area (Å²) in [5, 5.41) is 0. The standard InChI is InChI=1S/C7H7F3N2O2/c1-14-5(13)4-12-3-2-11-6(12)7(8,9)10/h2-3H,4H2,1H3. The van der Waals surface area contributed by atoms with Crippen LogP contribution in [0.3, 0.4) is 0 Å². The lowest BCUT2D eigenvalue weighted by Gasteiger charge is -2.08. The van der Waals surface area contributed by atoms with Crippen molar-refractivity contribution < 1.29 is 22.7 Å². The molecule has 0 radical (unpaired) electrons. The van der Waals surface area contributed by atoms with Crippen LogP contribution in [0.5, 0.6) is 0 Å². The first-order chi connectivity index (χ1) is 6.45. The molecule has 1 heterocycles. The molecule has 7 heteroatoms. The number of halogens is 3. The molecule has 0 bridgehead atoms. The predicted octanol–water partition coefficient (Wildman–Crippen LogP) is 1.07. The zero-order valence-electron chi connectivity index (χ0n) is 7.21. The van der Waals surface area contributed by atoms with E-state index in [4.69, 9.17) is 0 Å². The highest BCUT2D eigenvalue weighted by Crippen LogP contribution is 2.27. The molecule has 0 atom stereocenters. The molecule has 0 aliphatic heterocycles. The Hall–Kier alpha value is -1.53. The van der Waals surface area contributed by atoms with Crippen molar-refractivity contribution in [2.45, 2.75) is 12.7 Å². The fraction of sp³-hybridized carbons (Fsp3) is 0.429. The van der Waals surface area contributed by atoms with E-state index < -0.39 is 24.5 Å². The van der Waals surface area contributed by atoms with Gasteiger partial charge in [-0.25, -0.2) is 4.98 Å². The van der Waals surface area contributed by atoms with Gasteiger partial charge in [-0.3, -0.25) is 4.79 Å². The van der Waals surface area contributed by atoms with E-state index in [-0.39, 0.29) is 0 Å². The monoisotopic (exact) mass is 208 g/mol. The molecular weight excluding hydrogens is 201 g/mol. The third-order valence-electron chi connectivity index (χ3n) is 1.50. The van der Waals surface area contributed by atoms with Crippen LogP contribution in [-0.4, -0.2) is 22.6 Å². The predicted molar refractivity (Wildman–Crippen MR) is 39.2 cm³/mol. The molecule has 0 aliphatic rings. The van der Waals surface area contributed by atoms with Crippen molar-refractivity contribution in [1.82, 2.24) is 9.55 Å². The number of nitrogens with zero attached hydrogens (tertiary/aromatic N) is 2. The molecule has 1 aromatic heterocycles. The first-order valence-corrected chi connectivity index (χ1v) is 3.60. The topological polar surface area (TPSA) is 44.1 Å². The number of alkyl halides is 3. The van der Waals surface area contributed by atoms with Crippen molar-refractivity contribution in [1.29, 1.82) is 0 Å². The molecule has 0 aliphatic carbocycles. The van der Waals surface area contributed by atoms with Gasteiger partial charge in [0.05, 0.1) is 7.11 Å². The van der Waals surface area contributed by atoms with Crippen LogP contribution in [0.4, 0.5) is 13.2 Å². The molecule has 1 aromatic rings. The van der Waals surface area contributed by atoms with Crippen LogP contribution in [-0.2, 0) is 22.3 Å². The molecule has 0 spiro atoms. The van der Waals surface area contributed by atoms with Gasteiger partial charge in [0.15, 0.2) is 0 Å². The Morgan fingerprint density at radius 1 is 1.64 bits per heavy atom. The molecule has 1 rings (SSSR count). The van der Waals surface area contributed by atoms with Crippen LogP contribution in [0.25, 0.3) is 0 Å². The largest absolute Gasteiger partial charge is 0.468 e. The Balaban J connectivity index is 2.88. The smallest absolute Gasteiger partial charge is 0.449 e. The minimum atomic E-state index is -4.56. The van der Waals surface area contributed by atoms with E-state index in [1.807, 2.05) is 0 Å². The molecule has 0 unspecified atom stereocenters. The van der Waals surface area contributed by atoms with Crippen LogP contribution in [0.15, 0.2) is 12.4 Å². The highest BCUT2D eigenvalue weighted by Gasteiger charge is 2.36. The molecule has 0 saturated heterocycles. The first-order valence-electron chi connectivity index (χ1n) is 3.60. The van der Waals surface area contributed by atoms with Gasteiger partial charge in [0.2, 0.25) is 5.82 Å². The summed E-state index contributed by atoms with van der Waals surface area (Å²) in [6.07, 6.45) is -2.51. The number of rotatable bonds is 2. The second-order valence-electron chi connectivity index (χ2n) is 2.45. The van der Waals surface area contributed by atoms with Gasteiger partial charge in [0, 0.05) is 12.4 Å². The van der Waals surface area contributed by atoms with Gasteiger partial charge < -0.3 is 9.30 Å². The van der Waals surface area contributed by atoms with Crippen molar-refractivity contribution in [3.05, 3.63) is 18.2 Å². The van der Waals surface area contributed by atoms with Gasteiger partial charge >= 0.3 is 12.1 Å². The maximum atomic E-state index is 12.2. The number of carbonyl (C=O) groups is 1. The van der Waals surface area contributed by atoms with E-state index in [0.717, 1.165) is 19.5 Å². The van der Waals surface area contributed by atoms with Crippen LogP contribution in [0.2, 0.25) is 0 Å². The van der Waals surface area contributed by atoms with Crippen LogP contribution >= 0.6 is 0 Å². The SMILES string of the molecule is COC(=O)Cn1ccnc1C(F)(F)F. The van der Waals surface area contributed by atoms with Crippen molar-refractivity contribution in [3.63, 3.8) is 0 Å². The summed E-state index contributed by atoms with van der Waals surface area (Å²) < 4.78 is 41.5. The zero-order valence-corrected chi connectivity index (χ0v) is 7.21. The lowest BCUT2D eigenvalue weighted by molar-refractivity contribution is -0.150. The lowest BCUT2D eigenvalue weighted by atomic mass is 10.5. The maximum Gasteiger partial charge on any atom is 0.449 e. The van der Waals surface area contributed by atoms with Crippen LogP contribution in [0, 0.1) is 0 Å². The summed E-state index contributed by atoms with van der Waals surface area (Å²) in [5.41, 5.74) is 0. The molecule has 0 saturated carbocycles. The molecule has 78 valence electrons. The van der Waals surface area contributed by atoms with Crippen molar-refractivity contribution >= 4 is 5.97 Å². The number of ether oxygens (including phenoxy) is 1. The summed E-state index contributed by atoms with van der Waals surface area (Å²) in [6, 6.07) is 0. The lowest BCUT2D eigenvalue weighted by Crippen LogP contribution is -2.19. The number of aromatic nitrogens is 2. The van der Waals surface area contributed by atoms with Crippen LogP contribution in [0.1, 0.15) is 5.82 Å². The van der Waals surface area contributed by atoms with Gasteiger partial charge in [-0.2, -0.15) is 13.2 Å². The quantitative estimate of drug-likeness (QED) is 0.683. The molecule has 0 aromatic carbocycles. The Morgan fingerprint density at radius 2 is 2.29 bits per heavy atom. The number of hydrogen-bond donors (Lipinski definition) is 0. The van der Waals surface area contributed by atoms with Crippen molar-refractivity contribution in [2.24, 2.45) is 0 Å². The Labute approximate surface area is 77.3 Å². The minimum Gasteiger partial charge on any atom is -0.468 e. The average molecular weight is 208 g/mol. The van der Waals surface area contributed by atoms with E-state index in [1.54, 1.807) is 0 Å². The van der Waals surface area contributed by atoms with Crippen molar-refractivity contribution in [2.75, 3.05) is 7.11 Å². The number of esters is 1. The zero-order chi connectivity index (χ0) is 10.8. The molecule has 14 heavy (non-hydrogen) atoms. The fourth-order valence-electron chi connectivity index (χ4n) is 0.896. The normalized spacial score (nSPS) is 11.4. The third kappa shape index (κ3) is 2.24. The second kappa shape index (κ2) is 3.69.